The van der Waals surface area contributed by atoms with Gasteiger partial charge in [-0.05, 0) is 6.92 Å². The molecule has 1 fully saturated rings. The smallest absolute Gasteiger partial charge is 0.225 e. The van der Waals surface area contributed by atoms with Crippen LogP contribution in [0.15, 0.2) is 0 Å². The Kier molecular flexibility index (Phi) is 4.63. The van der Waals surface area contributed by atoms with E-state index in [0.29, 0.717) is 12.3 Å². The van der Waals surface area contributed by atoms with Crippen molar-refractivity contribution in [1.29, 1.82) is 0 Å². The van der Waals surface area contributed by atoms with Crippen LogP contribution in [0, 0.1) is 0 Å². The van der Waals surface area contributed by atoms with E-state index >= 15 is 0 Å². The van der Waals surface area contributed by atoms with Crippen molar-refractivity contribution in [2.45, 2.75) is 24.8 Å². The minimum atomic E-state index is -3.21. The van der Waals surface area contributed by atoms with Gasteiger partial charge in [-0.3, -0.25) is 4.79 Å². The van der Waals surface area contributed by atoms with Crippen molar-refractivity contribution >= 4 is 27.5 Å². The zero-order valence-electron chi connectivity index (χ0n) is 9.55. The maximum atomic E-state index is 11.8. The lowest BCUT2D eigenvalue weighted by Gasteiger charge is -2.34. The van der Waals surface area contributed by atoms with E-state index in [4.69, 9.17) is 5.73 Å². The van der Waals surface area contributed by atoms with Gasteiger partial charge in [0.2, 0.25) is 5.91 Å². The van der Waals surface area contributed by atoms with Crippen molar-refractivity contribution < 1.29 is 13.2 Å². The SMILES string of the molecule is CC(N)CC(=O)N1CCSCC1S(C)(=O)=O. The first-order chi connectivity index (χ1) is 7.32. The fourth-order valence-electron chi connectivity index (χ4n) is 1.61. The first-order valence-corrected chi connectivity index (χ1v) is 8.25. The van der Waals surface area contributed by atoms with E-state index < -0.39 is 15.2 Å². The van der Waals surface area contributed by atoms with E-state index in [0.717, 1.165) is 5.75 Å². The molecule has 0 spiro atoms. The average molecular weight is 266 g/mol. The molecule has 1 saturated heterocycles. The number of sulfone groups is 1. The van der Waals surface area contributed by atoms with Gasteiger partial charge in [0.05, 0.1) is 0 Å². The summed E-state index contributed by atoms with van der Waals surface area (Å²) in [6, 6.07) is -0.234. The van der Waals surface area contributed by atoms with Gasteiger partial charge in [-0.1, -0.05) is 0 Å². The van der Waals surface area contributed by atoms with Gasteiger partial charge < -0.3 is 10.6 Å². The van der Waals surface area contributed by atoms with Crippen molar-refractivity contribution in [2.24, 2.45) is 5.73 Å². The van der Waals surface area contributed by atoms with Gasteiger partial charge in [0.25, 0.3) is 0 Å². The number of carbonyl (C=O) groups is 1. The van der Waals surface area contributed by atoms with Gasteiger partial charge in [-0.25, -0.2) is 8.42 Å². The molecule has 0 saturated carbocycles. The molecule has 16 heavy (non-hydrogen) atoms. The second kappa shape index (κ2) is 5.37. The largest absolute Gasteiger partial charge is 0.327 e. The second-order valence-electron chi connectivity index (χ2n) is 4.13. The summed E-state index contributed by atoms with van der Waals surface area (Å²) in [5, 5.41) is -0.683. The number of rotatable bonds is 3. The number of carbonyl (C=O) groups excluding carboxylic acids is 1. The van der Waals surface area contributed by atoms with Gasteiger partial charge in [-0.2, -0.15) is 11.8 Å². The Bertz CT molecular complexity index is 354. The van der Waals surface area contributed by atoms with E-state index in [1.54, 1.807) is 18.7 Å². The number of thioether (sulfide) groups is 1. The van der Waals surface area contributed by atoms with Crippen LogP contribution < -0.4 is 5.73 Å². The van der Waals surface area contributed by atoms with E-state index in [2.05, 4.69) is 0 Å². The molecule has 94 valence electrons. The van der Waals surface area contributed by atoms with E-state index in [1.807, 2.05) is 0 Å². The topological polar surface area (TPSA) is 80.5 Å². The quantitative estimate of drug-likeness (QED) is 0.756. The van der Waals surface area contributed by atoms with Crippen LogP contribution in [0.1, 0.15) is 13.3 Å². The molecule has 2 unspecified atom stereocenters. The molecule has 0 aliphatic carbocycles. The molecule has 7 heteroatoms. The Labute approximate surface area is 101 Å². The number of hydrogen-bond donors (Lipinski definition) is 1. The molecule has 1 heterocycles. The van der Waals surface area contributed by atoms with Crippen LogP contribution in [-0.4, -0.2) is 54.9 Å². The molecule has 0 aromatic carbocycles. The summed E-state index contributed by atoms with van der Waals surface area (Å²) in [4.78, 5) is 13.3. The third-order valence-electron chi connectivity index (χ3n) is 2.40. The van der Waals surface area contributed by atoms with Crippen molar-refractivity contribution in [3.8, 4) is 0 Å². The Hall–Kier alpha value is -0.270. The molecule has 1 amide bonds. The molecular formula is C9H18N2O3S2. The lowest BCUT2D eigenvalue weighted by atomic mass is 10.2. The van der Waals surface area contributed by atoms with Crippen molar-refractivity contribution in [3.05, 3.63) is 0 Å². The fraction of sp³-hybridized carbons (Fsp3) is 0.889. The Morgan fingerprint density at radius 2 is 2.25 bits per heavy atom. The summed E-state index contributed by atoms with van der Waals surface area (Å²) in [6.45, 7) is 2.24. The summed E-state index contributed by atoms with van der Waals surface area (Å²) in [6.07, 6.45) is 1.38. The molecule has 0 bridgehead atoms. The van der Waals surface area contributed by atoms with Gasteiger partial charge in [-0.15, -0.1) is 0 Å². The molecule has 0 radical (unpaired) electrons. The predicted octanol–water partition coefficient (Wildman–Crippen LogP) is -0.330. The van der Waals surface area contributed by atoms with Crippen LogP contribution in [-0.2, 0) is 14.6 Å². The highest BCUT2D eigenvalue weighted by atomic mass is 32.2. The van der Waals surface area contributed by atoms with Crippen LogP contribution >= 0.6 is 11.8 Å². The summed E-state index contributed by atoms with van der Waals surface area (Å²) >= 11 is 1.57. The summed E-state index contributed by atoms with van der Waals surface area (Å²) in [5.74, 6) is 1.09. The van der Waals surface area contributed by atoms with Crippen molar-refractivity contribution in [3.63, 3.8) is 0 Å². The van der Waals surface area contributed by atoms with E-state index in [1.165, 1.54) is 11.2 Å². The molecule has 1 aliphatic rings. The summed E-state index contributed by atoms with van der Waals surface area (Å²) in [7, 11) is -3.21. The van der Waals surface area contributed by atoms with Crippen LogP contribution in [0.5, 0.6) is 0 Å². The summed E-state index contributed by atoms with van der Waals surface area (Å²) < 4.78 is 23.1. The zero-order chi connectivity index (χ0) is 12.3. The van der Waals surface area contributed by atoms with Gasteiger partial charge in [0.15, 0.2) is 9.84 Å². The van der Waals surface area contributed by atoms with Crippen LogP contribution in [0.25, 0.3) is 0 Å². The molecule has 0 aromatic rings. The van der Waals surface area contributed by atoms with Crippen LogP contribution in [0.2, 0.25) is 0 Å². The standard InChI is InChI=1S/C9H18N2O3S2/c1-7(10)5-8(12)11-3-4-15-6-9(11)16(2,13)14/h7,9H,3-6,10H2,1-2H3. The van der Waals surface area contributed by atoms with Crippen LogP contribution in [0.4, 0.5) is 0 Å². The molecule has 1 rings (SSSR count). The number of nitrogens with zero attached hydrogens (tertiary/aromatic N) is 1. The Morgan fingerprint density at radius 3 is 2.75 bits per heavy atom. The third-order valence-corrected chi connectivity index (χ3v) is 5.04. The maximum Gasteiger partial charge on any atom is 0.225 e. The first kappa shape index (κ1) is 13.8. The average Bonchev–Trinajstić information content (AvgIpc) is 2.15. The number of nitrogens with two attached hydrogens (primary N) is 1. The molecule has 0 aromatic heterocycles. The fourth-order valence-corrected chi connectivity index (χ4v) is 4.45. The minimum absolute atomic E-state index is 0.161. The summed E-state index contributed by atoms with van der Waals surface area (Å²) in [5.41, 5.74) is 5.55. The van der Waals surface area contributed by atoms with Crippen LogP contribution in [0.3, 0.4) is 0 Å². The zero-order valence-corrected chi connectivity index (χ0v) is 11.2. The number of hydrogen-bond acceptors (Lipinski definition) is 5. The lowest BCUT2D eigenvalue weighted by Crippen LogP contribution is -2.50. The first-order valence-electron chi connectivity index (χ1n) is 5.14. The van der Waals surface area contributed by atoms with Gasteiger partial charge >= 0.3 is 0 Å². The van der Waals surface area contributed by atoms with Crippen molar-refractivity contribution in [1.82, 2.24) is 4.90 Å². The molecule has 1 aliphatic heterocycles. The third kappa shape index (κ3) is 3.64. The van der Waals surface area contributed by atoms with E-state index in [-0.39, 0.29) is 18.4 Å². The normalized spacial score (nSPS) is 24.2. The highest BCUT2D eigenvalue weighted by molar-refractivity contribution is 8.00. The predicted molar refractivity (Wildman–Crippen MR) is 65.9 cm³/mol. The number of amides is 1. The molecular weight excluding hydrogens is 248 g/mol. The van der Waals surface area contributed by atoms with E-state index in [9.17, 15) is 13.2 Å². The lowest BCUT2D eigenvalue weighted by molar-refractivity contribution is -0.131. The Morgan fingerprint density at radius 1 is 1.62 bits per heavy atom. The molecule has 2 N–H and O–H groups in total. The highest BCUT2D eigenvalue weighted by Crippen LogP contribution is 2.21. The van der Waals surface area contributed by atoms with Gasteiger partial charge in [0.1, 0.15) is 5.37 Å². The van der Waals surface area contributed by atoms with Crippen molar-refractivity contribution in [2.75, 3.05) is 24.3 Å². The Balaban J connectivity index is 2.79. The highest BCUT2D eigenvalue weighted by Gasteiger charge is 2.33. The maximum absolute atomic E-state index is 11.8. The molecule has 5 nitrogen and oxygen atoms in total. The second-order valence-corrected chi connectivity index (χ2v) is 7.48. The monoisotopic (exact) mass is 266 g/mol. The molecule has 2 atom stereocenters. The minimum Gasteiger partial charge on any atom is -0.327 e. The van der Waals surface area contributed by atoms with Gasteiger partial charge in [0, 0.05) is 36.8 Å².